The lowest BCUT2D eigenvalue weighted by Gasteiger charge is -2.09. The fraction of sp³-hybridized carbons (Fsp3) is 0.364. The molecule has 1 rings (SSSR count). The van der Waals surface area contributed by atoms with Crippen LogP contribution in [0.15, 0.2) is 24.3 Å². The number of rotatable bonds is 5. The van der Waals surface area contributed by atoms with E-state index < -0.39 is 5.97 Å². The highest BCUT2D eigenvalue weighted by Crippen LogP contribution is 2.17. The van der Waals surface area contributed by atoms with Crippen molar-refractivity contribution in [1.29, 1.82) is 0 Å². The number of carbonyl (C=O) groups excluding carboxylic acids is 1. The number of ether oxygens (including phenoxy) is 1. The first kappa shape index (κ1) is 11.5. The summed E-state index contributed by atoms with van der Waals surface area (Å²) in [6, 6.07) is 7.45. The minimum absolute atomic E-state index is 0.0196. The van der Waals surface area contributed by atoms with Gasteiger partial charge in [-0.3, -0.25) is 0 Å². The summed E-state index contributed by atoms with van der Waals surface area (Å²) in [5, 5.41) is 10.3. The van der Waals surface area contributed by atoms with Crippen LogP contribution in [0.25, 0.3) is 0 Å². The van der Waals surface area contributed by atoms with Crippen LogP contribution in [-0.2, 0) is 4.79 Å². The van der Waals surface area contributed by atoms with Crippen molar-refractivity contribution >= 4 is 5.97 Å². The third-order valence-electron chi connectivity index (χ3n) is 2.28. The fourth-order valence-electron chi connectivity index (χ4n) is 1.33. The van der Waals surface area contributed by atoms with Crippen LogP contribution in [0.4, 0.5) is 0 Å². The Morgan fingerprint density at radius 2 is 2.07 bits per heavy atom. The molecule has 0 radical (unpaired) electrons. The predicted octanol–water partition coefficient (Wildman–Crippen LogP) is -0.492. The van der Waals surface area contributed by atoms with E-state index in [1.807, 2.05) is 24.3 Å². The van der Waals surface area contributed by atoms with Crippen molar-refractivity contribution in [2.45, 2.75) is 18.9 Å². The molecule has 1 aromatic rings. The molecule has 4 heteroatoms. The van der Waals surface area contributed by atoms with Crippen molar-refractivity contribution in [3.8, 4) is 5.75 Å². The number of quaternary nitrogens is 1. The molecular weight excluding hydrogens is 194 g/mol. The molecule has 0 saturated carbocycles. The van der Waals surface area contributed by atoms with E-state index in [9.17, 15) is 9.90 Å². The smallest absolute Gasteiger partial charge is 0.118 e. The normalized spacial score (nSPS) is 12.1. The highest BCUT2D eigenvalue weighted by Gasteiger charge is 2.09. The summed E-state index contributed by atoms with van der Waals surface area (Å²) in [5.74, 6) is -0.247. The predicted molar refractivity (Wildman–Crippen MR) is 52.9 cm³/mol. The van der Waals surface area contributed by atoms with Crippen molar-refractivity contribution in [2.75, 3.05) is 7.11 Å². The van der Waals surface area contributed by atoms with Crippen molar-refractivity contribution < 1.29 is 20.4 Å². The molecule has 1 aromatic carbocycles. The summed E-state index contributed by atoms with van der Waals surface area (Å²) < 4.78 is 5.02. The van der Waals surface area contributed by atoms with Gasteiger partial charge in [0.1, 0.15) is 11.8 Å². The molecule has 0 fully saturated rings. The Kier molecular flexibility index (Phi) is 4.12. The minimum Gasteiger partial charge on any atom is -0.550 e. The number of benzene rings is 1. The monoisotopic (exact) mass is 209 g/mol. The molecular formula is C11H15NO3. The van der Waals surface area contributed by atoms with Gasteiger partial charge in [-0.1, -0.05) is 0 Å². The molecule has 4 nitrogen and oxygen atoms in total. The van der Waals surface area contributed by atoms with E-state index in [2.05, 4.69) is 5.73 Å². The van der Waals surface area contributed by atoms with Gasteiger partial charge in [0.15, 0.2) is 0 Å². The van der Waals surface area contributed by atoms with Crippen LogP contribution in [0, 0.1) is 0 Å². The topological polar surface area (TPSA) is 77.0 Å². The largest absolute Gasteiger partial charge is 0.550 e. The molecule has 0 aliphatic rings. The quantitative estimate of drug-likeness (QED) is 0.710. The molecule has 15 heavy (non-hydrogen) atoms. The van der Waals surface area contributed by atoms with Gasteiger partial charge in [-0.25, -0.2) is 0 Å². The van der Waals surface area contributed by atoms with E-state index >= 15 is 0 Å². The third-order valence-corrected chi connectivity index (χ3v) is 2.28. The van der Waals surface area contributed by atoms with Gasteiger partial charge in [0.25, 0.3) is 0 Å². The van der Waals surface area contributed by atoms with Gasteiger partial charge in [0, 0.05) is 18.0 Å². The molecule has 0 aliphatic carbocycles. The maximum Gasteiger partial charge on any atom is 0.118 e. The van der Waals surface area contributed by atoms with Gasteiger partial charge in [0.05, 0.1) is 7.11 Å². The zero-order chi connectivity index (χ0) is 11.3. The Hall–Kier alpha value is -1.55. The lowest BCUT2D eigenvalue weighted by atomic mass is 10.0. The Labute approximate surface area is 88.7 Å². The SMILES string of the molecule is COc1ccc([C@@H]([NH3+])CCC(=O)[O-])cc1. The van der Waals surface area contributed by atoms with Crippen LogP contribution in [0.3, 0.4) is 0 Å². The molecule has 0 bridgehead atoms. The summed E-state index contributed by atoms with van der Waals surface area (Å²) in [4.78, 5) is 10.3. The number of methoxy groups -OCH3 is 1. The van der Waals surface area contributed by atoms with E-state index in [0.29, 0.717) is 6.42 Å². The van der Waals surface area contributed by atoms with Gasteiger partial charge in [-0.15, -0.1) is 0 Å². The molecule has 3 N–H and O–H groups in total. The van der Waals surface area contributed by atoms with Crippen LogP contribution in [0.1, 0.15) is 24.4 Å². The number of carbonyl (C=O) groups is 1. The zero-order valence-electron chi connectivity index (χ0n) is 8.73. The van der Waals surface area contributed by atoms with Gasteiger partial charge >= 0.3 is 0 Å². The minimum atomic E-state index is -1.03. The van der Waals surface area contributed by atoms with Crippen LogP contribution >= 0.6 is 0 Å². The maximum absolute atomic E-state index is 10.3. The number of carboxylic acids is 1. The Morgan fingerprint density at radius 1 is 1.47 bits per heavy atom. The molecule has 0 spiro atoms. The van der Waals surface area contributed by atoms with Gasteiger partial charge < -0.3 is 20.4 Å². The van der Waals surface area contributed by atoms with E-state index in [-0.39, 0.29) is 12.5 Å². The van der Waals surface area contributed by atoms with Crippen molar-refractivity contribution in [1.82, 2.24) is 0 Å². The third kappa shape index (κ3) is 3.59. The molecule has 0 aromatic heterocycles. The number of hydrogen-bond acceptors (Lipinski definition) is 3. The van der Waals surface area contributed by atoms with Gasteiger partial charge in [0.2, 0.25) is 0 Å². The van der Waals surface area contributed by atoms with E-state index in [1.54, 1.807) is 7.11 Å². The van der Waals surface area contributed by atoms with Crippen molar-refractivity contribution in [2.24, 2.45) is 0 Å². The molecule has 0 saturated heterocycles. The molecule has 0 amide bonds. The van der Waals surface area contributed by atoms with Gasteiger partial charge in [-0.05, 0) is 30.7 Å². The van der Waals surface area contributed by atoms with Crippen LogP contribution < -0.4 is 15.6 Å². The second kappa shape index (κ2) is 5.36. The molecule has 82 valence electrons. The number of aliphatic carboxylic acids is 1. The zero-order valence-corrected chi connectivity index (χ0v) is 8.73. The lowest BCUT2D eigenvalue weighted by Crippen LogP contribution is -2.53. The first-order chi connectivity index (χ1) is 7.13. The summed E-state index contributed by atoms with van der Waals surface area (Å²) in [5.41, 5.74) is 4.91. The summed E-state index contributed by atoms with van der Waals surface area (Å²) in [6.45, 7) is 0. The van der Waals surface area contributed by atoms with Crippen molar-refractivity contribution in [3.63, 3.8) is 0 Å². The van der Waals surface area contributed by atoms with Crippen LogP contribution in [-0.4, -0.2) is 13.1 Å². The standard InChI is InChI=1S/C11H15NO3/c1-15-9-4-2-8(3-5-9)10(12)6-7-11(13)14/h2-5,10H,6-7,12H2,1H3,(H,13,14)/t10-/m0/s1. The summed E-state index contributed by atoms with van der Waals surface area (Å²) in [6.07, 6.45) is 0.537. The second-order valence-electron chi connectivity index (χ2n) is 3.38. The first-order valence-electron chi connectivity index (χ1n) is 4.80. The average molecular weight is 209 g/mol. The molecule has 1 atom stereocenters. The molecule has 0 heterocycles. The Bertz CT molecular complexity index is 321. The fourth-order valence-corrected chi connectivity index (χ4v) is 1.33. The van der Waals surface area contributed by atoms with Crippen LogP contribution in [0.2, 0.25) is 0 Å². The molecule has 0 aliphatic heterocycles. The Morgan fingerprint density at radius 3 is 2.53 bits per heavy atom. The van der Waals surface area contributed by atoms with E-state index in [0.717, 1.165) is 11.3 Å². The van der Waals surface area contributed by atoms with Crippen molar-refractivity contribution in [3.05, 3.63) is 29.8 Å². The number of carboxylic acid groups (broad SMARTS) is 1. The van der Waals surface area contributed by atoms with E-state index in [1.165, 1.54) is 0 Å². The summed E-state index contributed by atoms with van der Waals surface area (Å²) >= 11 is 0. The maximum atomic E-state index is 10.3. The first-order valence-corrected chi connectivity index (χ1v) is 4.80. The Balaban J connectivity index is 2.57. The highest BCUT2D eigenvalue weighted by molar-refractivity contribution is 5.64. The molecule has 0 unspecified atom stereocenters. The lowest BCUT2D eigenvalue weighted by molar-refractivity contribution is -0.428. The van der Waals surface area contributed by atoms with Gasteiger partial charge in [-0.2, -0.15) is 0 Å². The second-order valence-corrected chi connectivity index (χ2v) is 3.38. The van der Waals surface area contributed by atoms with Crippen LogP contribution in [0.5, 0.6) is 5.75 Å². The van der Waals surface area contributed by atoms with E-state index in [4.69, 9.17) is 4.74 Å². The average Bonchev–Trinajstić information content (AvgIpc) is 2.26. The summed E-state index contributed by atoms with van der Waals surface area (Å²) in [7, 11) is 1.60. The number of hydrogen-bond donors (Lipinski definition) is 1. The highest BCUT2D eigenvalue weighted by atomic mass is 16.5.